The van der Waals surface area contributed by atoms with Crippen LogP contribution in [0.5, 0.6) is 5.75 Å². The van der Waals surface area contributed by atoms with E-state index in [4.69, 9.17) is 9.52 Å². The summed E-state index contributed by atoms with van der Waals surface area (Å²) in [5.41, 5.74) is 1.27. The average Bonchev–Trinajstić information content (AvgIpc) is 2.85. The van der Waals surface area contributed by atoms with E-state index < -0.39 is 17.9 Å². The number of carboxylic acids is 1. The summed E-state index contributed by atoms with van der Waals surface area (Å²) < 4.78 is 18.6. The molecule has 1 aromatic carbocycles. The number of aromatic hydroxyl groups is 1. The number of nitriles is 1. The molecule has 0 saturated heterocycles. The maximum Gasteiger partial charge on any atom is 0.339 e. The topological polar surface area (TPSA) is 94.5 Å². The molecule has 6 heteroatoms. The molecule has 2 aromatic rings. The summed E-state index contributed by atoms with van der Waals surface area (Å²) >= 11 is 0. The Morgan fingerprint density at radius 2 is 2.13 bits per heavy atom. The van der Waals surface area contributed by atoms with Crippen molar-refractivity contribution < 1.29 is 23.8 Å². The summed E-state index contributed by atoms with van der Waals surface area (Å²) in [6, 6.07) is 6.67. The zero-order chi connectivity index (χ0) is 16.7. The lowest BCUT2D eigenvalue weighted by molar-refractivity contribution is 0.0693. The molecule has 1 aliphatic carbocycles. The molecule has 5 nitrogen and oxygen atoms in total. The second-order valence-electron chi connectivity index (χ2n) is 5.43. The van der Waals surface area contributed by atoms with E-state index >= 15 is 0 Å². The van der Waals surface area contributed by atoms with Crippen LogP contribution in [-0.4, -0.2) is 16.2 Å². The zero-order valence-electron chi connectivity index (χ0n) is 12.1. The number of phenols is 1. The lowest BCUT2D eigenvalue weighted by atomic mass is 9.76. The predicted octanol–water partition coefficient (Wildman–Crippen LogP) is 3.51. The standard InChI is InChI=1S/C17H12FNO4/c1-8-11(7-19)4-10-6-14(18)23-16(10)15(8)9-2-3-12(17(21)22)13(20)5-9/h2-6,8,15,20H,1H3,(H,21,22). The van der Waals surface area contributed by atoms with Gasteiger partial charge in [0.25, 0.3) is 6.01 Å². The van der Waals surface area contributed by atoms with Crippen LogP contribution in [0.2, 0.25) is 0 Å². The number of furan rings is 1. The second kappa shape index (κ2) is 5.29. The van der Waals surface area contributed by atoms with Crippen molar-refractivity contribution in [2.45, 2.75) is 12.8 Å². The highest BCUT2D eigenvalue weighted by Crippen LogP contribution is 2.44. The molecule has 0 radical (unpaired) electrons. The summed E-state index contributed by atoms with van der Waals surface area (Å²) in [4.78, 5) is 11.0. The molecule has 0 bridgehead atoms. The van der Waals surface area contributed by atoms with Crippen LogP contribution in [0.25, 0.3) is 6.08 Å². The van der Waals surface area contributed by atoms with E-state index in [0.29, 0.717) is 22.5 Å². The molecule has 2 unspecified atom stereocenters. The lowest BCUT2D eigenvalue weighted by Gasteiger charge is -2.26. The van der Waals surface area contributed by atoms with Gasteiger partial charge in [0, 0.05) is 23.1 Å². The van der Waals surface area contributed by atoms with Gasteiger partial charge in [-0.05, 0) is 23.8 Å². The van der Waals surface area contributed by atoms with E-state index in [1.165, 1.54) is 24.3 Å². The van der Waals surface area contributed by atoms with Gasteiger partial charge in [-0.25, -0.2) is 4.79 Å². The molecule has 0 fully saturated rings. The Balaban J connectivity index is 2.15. The van der Waals surface area contributed by atoms with Gasteiger partial charge in [0.2, 0.25) is 0 Å². The summed E-state index contributed by atoms with van der Waals surface area (Å²) in [5.74, 6) is -2.05. The first-order valence-electron chi connectivity index (χ1n) is 6.89. The molecule has 1 heterocycles. The van der Waals surface area contributed by atoms with Crippen LogP contribution in [0.1, 0.15) is 40.1 Å². The van der Waals surface area contributed by atoms with Crippen LogP contribution in [0.4, 0.5) is 4.39 Å². The van der Waals surface area contributed by atoms with Crippen LogP contribution in [0, 0.1) is 23.3 Å². The van der Waals surface area contributed by atoms with E-state index in [-0.39, 0.29) is 17.2 Å². The molecule has 23 heavy (non-hydrogen) atoms. The van der Waals surface area contributed by atoms with E-state index in [0.717, 1.165) is 0 Å². The Hall–Kier alpha value is -3.07. The number of carboxylic acid groups (broad SMARTS) is 1. The average molecular weight is 313 g/mol. The molecule has 116 valence electrons. The van der Waals surface area contributed by atoms with Gasteiger partial charge in [0.15, 0.2) is 0 Å². The van der Waals surface area contributed by atoms with Crippen molar-refractivity contribution in [3.63, 3.8) is 0 Å². The van der Waals surface area contributed by atoms with Crippen LogP contribution in [0.3, 0.4) is 0 Å². The zero-order valence-corrected chi connectivity index (χ0v) is 12.1. The Labute approximate surface area is 130 Å². The van der Waals surface area contributed by atoms with Crippen molar-refractivity contribution in [2.75, 3.05) is 0 Å². The third kappa shape index (κ3) is 2.36. The normalized spacial score (nSPS) is 19.6. The van der Waals surface area contributed by atoms with Crippen molar-refractivity contribution in [1.82, 2.24) is 0 Å². The Morgan fingerprint density at radius 3 is 2.74 bits per heavy atom. The van der Waals surface area contributed by atoms with Gasteiger partial charge in [-0.15, -0.1) is 0 Å². The Kier molecular flexibility index (Phi) is 3.41. The molecule has 1 aliphatic rings. The van der Waals surface area contributed by atoms with Crippen LogP contribution < -0.4 is 0 Å². The first kappa shape index (κ1) is 14.9. The van der Waals surface area contributed by atoms with E-state index in [2.05, 4.69) is 6.07 Å². The summed E-state index contributed by atoms with van der Waals surface area (Å²) in [6.45, 7) is 1.80. The van der Waals surface area contributed by atoms with Crippen molar-refractivity contribution in [3.05, 3.63) is 58.3 Å². The quantitative estimate of drug-likeness (QED) is 0.884. The summed E-state index contributed by atoms with van der Waals surface area (Å²) in [7, 11) is 0. The number of fused-ring (bicyclic) bond motifs is 1. The second-order valence-corrected chi connectivity index (χ2v) is 5.43. The van der Waals surface area contributed by atoms with Gasteiger partial charge < -0.3 is 14.6 Å². The Bertz CT molecular complexity index is 875. The van der Waals surface area contributed by atoms with Gasteiger partial charge >= 0.3 is 5.97 Å². The molecule has 0 amide bonds. The minimum Gasteiger partial charge on any atom is -0.507 e. The first-order chi connectivity index (χ1) is 10.9. The molecule has 3 rings (SSSR count). The fourth-order valence-corrected chi connectivity index (χ4v) is 2.95. The molecule has 2 atom stereocenters. The van der Waals surface area contributed by atoms with Crippen LogP contribution in [0.15, 0.2) is 34.3 Å². The monoisotopic (exact) mass is 313 g/mol. The summed E-state index contributed by atoms with van der Waals surface area (Å²) in [6.07, 6.45) is 1.58. The number of hydrogen-bond donors (Lipinski definition) is 2. The largest absolute Gasteiger partial charge is 0.507 e. The maximum atomic E-state index is 13.5. The van der Waals surface area contributed by atoms with Gasteiger partial charge in [-0.3, -0.25) is 0 Å². The smallest absolute Gasteiger partial charge is 0.339 e. The van der Waals surface area contributed by atoms with E-state index in [1.54, 1.807) is 13.0 Å². The van der Waals surface area contributed by atoms with E-state index in [1.807, 2.05) is 0 Å². The van der Waals surface area contributed by atoms with Crippen LogP contribution >= 0.6 is 0 Å². The number of rotatable bonds is 2. The molecule has 0 spiro atoms. The highest BCUT2D eigenvalue weighted by atomic mass is 19.1. The highest BCUT2D eigenvalue weighted by molar-refractivity contribution is 5.90. The molecule has 2 N–H and O–H groups in total. The molecular formula is C17H12FNO4. The van der Waals surface area contributed by atoms with Gasteiger partial charge in [0.05, 0.1) is 12.0 Å². The highest BCUT2D eigenvalue weighted by Gasteiger charge is 2.34. The first-order valence-corrected chi connectivity index (χ1v) is 6.89. The van der Waals surface area contributed by atoms with Crippen molar-refractivity contribution in [3.8, 4) is 11.8 Å². The molecule has 0 saturated carbocycles. The number of allylic oxidation sites excluding steroid dienone is 1. The Morgan fingerprint density at radius 1 is 1.39 bits per heavy atom. The number of hydrogen-bond acceptors (Lipinski definition) is 4. The number of benzene rings is 1. The third-order valence-corrected chi connectivity index (χ3v) is 4.09. The van der Waals surface area contributed by atoms with Crippen molar-refractivity contribution in [2.24, 2.45) is 5.92 Å². The van der Waals surface area contributed by atoms with Gasteiger partial charge in [0.1, 0.15) is 17.1 Å². The number of aromatic carboxylic acids is 1. The number of halogens is 1. The minimum atomic E-state index is -1.24. The molecule has 1 aromatic heterocycles. The molecular weight excluding hydrogens is 301 g/mol. The minimum absolute atomic E-state index is 0.223. The van der Waals surface area contributed by atoms with E-state index in [9.17, 15) is 19.6 Å². The fourth-order valence-electron chi connectivity index (χ4n) is 2.95. The van der Waals surface area contributed by atoms with Crippen molar-refractivity contribution in [1.29, 1.82) is 5.26 Å². The fraction of sp³-hybridized carbons (Fsp3) is 0.176. The number of carbonyl (C=O) groups is 1. The van der Waals surface area contributed by atoms with Gasteiger partial charge in [-0.2, -0.15) is 9.65 Å². The van der Waals surface area contributed by atoms with Crippen LogP contribution in [-0.2, 0) is 0 Å². The SMILES string of the molecule is CC1C(C#N)=Cc2cc(F)oc2C1c1ccc(C(=O)O)c(O)c1. The van der Waals surface area contributed by atoms with Gasteiger partial charge in [-0.1, -0.05) is 13.0 Å². The van der Waals surface area contributed by atoms with Crippen molar-refractivity contribution >= 4 is 12.0 Å². The third-order valence-electron chi connectivity index (χ3n) is 4.09. The predicted molar refractivity (Wildman–Crippen MR) is 78.3 cm³/mol. The number of nitrogens with zero attached hydrogens (tertiary/aromatic N) is 1. The lowest BCUT2D eigenvalue weighted by Crippen LogP contribution is -2.17. The summed E-state index contributed by atoms with van der Waals surface area (Å²) in [5, 5.41) is 28.1. The molecule has 0 aliphatic heterocycles. The maximum absolute atomic E-state index is 13.5.